The van der Waals surface area contributed by atoms with E-state index in [-0.39, 0.29) is 35.9 Å². The summed E-state index contributed by atoms with van der Waals surface area (Å²) in [5.41, 5.74) is 0.0164. The molecule has 1 unspecified atom stereocenters. The van der Waals surface area contributed by atoms with Crippen molar-refractivity contribution >= 4 is 41.9 Å². The lowest BCUT2D eigenvalue weighted by molar-refractivity contribution is 0.0507. The van der Waals surface area contributed by atoms with Crippen molar-refractivity contribution in [2.45, 2.75) is 38.8 Å². The van der Waals surface area contributed by atoms with Gasteiger partial charge in [-0.2, -0.15) is 0 Å². The molecule has 0 saturated carbocycles. The average molecular weight is 518 g/mol. The highest BCUT2D eigenvalue weighted by Gasteiger charge is 2.27. The van der Waals surface area contributed by atoms with Gasteiger partial charge in [-0.25, -0.2) is 4.79 Å². The van der Waals surface area contributed by atoms with Gasteiger partial charge in [-0.15, -0.1) is 24.0 Å². The van der Waals surface area contributed by atoms with E-state index in [1.807, 2.05) is 20.8 Å². The van der Waals surface area contributed by atoms with Crippen molar-refractivity contribution < 1.29 is 14.3 Å². The molecule has 29 heavy (non-hydrogen) atoms. The first kappa shape index (κ1) is 24.9. The Bertz CT molecular complexity index is 693. The van der Waals surface area contributed by atoms with Crippen molar-refractivity contribution in [3.8, 4) is 0 Å². The number of carbonyl (C=O) groups excluding carboxylic acids is 2. The fourth-order valence-electron chi connectivity index (χ4n) is 2.83. The van der Waals surface area contributed by atoms with E-state index < -0.39 is 11.7 Å². The van der Waals surface area contributed by atoms with Crippen molar-refractivity contribution in [1.82, 2.24) is 25.8 Å². The summed E-state index contributed by atoms with van der Waals surface area (Å²) in [5.74, 6) is 0.580. The minimum Gasteiger partial charge on any atom is -0.444 e. The summed E-state index contributed by atoms with van der Waals surface area (Å²) in [6.07, 6.45) is 3.57. The Hall–Kier alpha value is -2.11. The molecule has 0 aromatic carbocycles. The number of guanidine groups is 1. The molecule has 1 aliphatic rings. The Morgan fingerprint density at radius 3 is 2.66 bits per heavy atom. The molecule has 1 saturated heterocycles. The van der Waals surface area contributed by atoms with E-state index in [1.54, 1.807) is 25.4 Å². The first-order valence-electron chi connectivity index (χ1n) is 9.42. The molecule has 0 aliphatic carbocycles. The molecule has 2 heterocycles. The van der Waals surface area contributed by atoms with Gasteiger partial charge in [0, 0.05) is 45.6 Å². The zero-order chi connectivity index (χ0) is 20.6. The lowest BCUT2D eigenvalue weighted by Crippen LogP contribution is -2.45. The molecule has 0 bridgehead atoms. The maximum atomic E-state index is 12.0. The standard InChI is InChI=1S/C19H30N6O3.HI/c1-19(2,3)28-18(27)24-15-7-11-25(13-15)17(20-4)23-10-9-22-16(26)14-6-5-8-21-12-14;/h5-6,8,12,15H,7,9-11,13H2,1-4H3,(H,20,23)(H,22,26)(H,24,27);1H. The Balaban J connectivity index is 0.00000420. The van der Waals surface area contributed by atoms with Gasteiger partial charge in [0.05, 0.1) is 11.6 Å². The molecule has 10 heteroatoms. The van der Waals surface area contributed by atoms with Crippen molar-refractivity contribution in [3.63, 3.8) is 0 Å². The van der Waals surface area contributed by atoms with Crippen LogP contribution in [-0.2, 0) is 4.74 Å². The van der Waals surface area contributed by atoms with Crippen LogP contribution in [0.15, 0.2) is 29.5 Å². The molecule has 162 valence electrons. The largest absolute Gasteiger partial charge is 0.444 e. The summed E-state index contributed by atoms with van der Waals surface area (Å²) in [6, 6.07) is 3.46. The number of hydrogen-bond acceptors (Lipinski definition) is 5. The smallest absolute Gasteiger partial charge is 0.407 e. The molecule has 3 N–H and O–H groups in total. The fourth-order valence-corrected chi connectivity index (χ4v) is 2.83. The van der Waals surface area contributed by atoms with Gasteiger partial charge in [-0.05, 0) is 39.3 Å². The van der Waals surface area contributed by atoms with Gasteiger partial charge in [-0.1, -0.05) is 0 Å². The molecular formula is C19H31IN6O3. The lowest BCUT2D eigenvalue weighted by atomic mass is 10.2. The van der Waals surface area contributed by atoms with Crippen LogP contribution in [0.25, 0.3) is 0 Å². The number of pyridine rings is 1. The van der Waals surface area contributed by atoms with E-state index in [2.05, 4.69) is 30.8 Å². The summed E-state index contributed by atoms with van der Waals surface area (Å²) < 4.78 is 5.30. The third-order valence-corrected chi connectivity index (χ3v) is 4.04. The Morgan fingerprint density at radius 2 is 2.03 bits per heavy atom. The van der Waals surface area contributed by atoms with Crippen molar-refractivity contribution in [2.24, 2.45) is 4.99 Å². The zero-order valence-electron chi connectivity index (χ0n) is 17.4. The Labute approximate surface area is 189 Å². The number of nitrogens with zero attached hydrogens (tertiary/aromatic N) is 3. The second-order valence-corrected chi connectivity index (χ2v) is 7.55. The van der Waals surface area contributed by atoms with Crippen LogP contribution in [0.4, 0.5) is 4.79 Å². The number of likely N-dealkylation sites (tertiary alicyclic amines) is 1. The normalized spacial score (nSPS) is 16.6. The van der Waals surface area contributed by atoms with Gasteiger partial charge in [-0.3, -0.25) is 14.8 Å². The number of hydrogen-bond donors (Lipinski definition) is 3. The molecule has 0 spiro atoms. The second-order valence-electron chi connectivity index (χ2n) is 7.55. The van der Waals surface area contributed by atoms with E-state index in [4.69, 9.17) is 4.74 Å². The number of aliphatic imine (C=N–C) groups is 1. The van der Waals surface area contributed by atoms with Gasteiger partial charge < -0.3 is 25.6 Å². The monoisotopic (exact) mass is 518 g/mol. The van der Waals surface area contributed by atoms with Gasteiger partial charge in [0.1, 0.15) is 5.60 Å². The number of ether oxygens (including phenoxy) is 1. The molecular weight excluding hydrogens is 487 g/mol. The maximum Gasteiger partial charge on any atom is 0.407 e. The van der Waals surface area contributed by atoms with Crippen molar-refractivity contribution in [2.75, 3.05) is 33.2 Å². The quantitative estimate of drug-likeness (QED) is 0.237. The topological polar surface area (TPSA) is 108 Å². The maximum absolute atomic E-state index is 12.0. The Morgan fingerprint density at radius 1 is 1.31 bits per heavy atom. The molecule has 1 aromatic rings. The number of carbonyl (C=O) groups is 2. The van der Waals surface area contributed by atoms with Crippen LogP contribution in [0.5, 0.6) is 0 Å². The summed E-state index contributed by atoms with van der Waals surface area (Å²) in [7, 11) is 1.71. The highest BCUT2D eigenvalue weighted by molar-refractivity contribution is 14.0. The fraction of sp³-hybridized carbons (Fsp3) is 0.579. The summed E-state index contributed by atoms with van der Waals surface area (Å²) in [4.78, 5) is 34.2. The minimum absolute atomic E-state index is 0. The summed E-state index contributed by atoms with van der Waals surface area (Å²) >= 11 is 0. The van der Waals surface area contributed by atoms with Crippen LogP contribution in [0.2, 0.25) is 0 Å². The first-order chi connectivity index (χ1) is 13.3. The van der Waals surface area contributed by atoms with E-state index in [0.29, 0.717) is 25.2 Å². The molecule has 0 radical (unpaired) electrons. The van der Waals surface area contributed by atoms with Crippen LogP contribution in [0.1, 0.15) is 37.6 Å². The lowest BCUT2D eigenvalue weighted by Gasteiger charge is -2.23. The summed E-state index contributed by atoms with van der Waals surface area (Å²) in [5, 5.41) is 8.97. The first-order valence-corrected chi connectivity index (χ1v) is 9.42. The molecule has 2 rings (SSSR count). The van der Waals surface area contributed by atoms with Gasteiger partial charge in [0.15, 0.2) is 5.96 Å². The summed E-state index contributed by atoms with van der Waals surface area (Å²) in [6.45, 7) is 7.95. The predicted octanol–water partition coefficient (Wildman–Crippen LogP) is 1.60. The highest BCUT2D eigenvalue weighted by Crippen LogP contribution is 2.11. The van der Waals surface area contributed by atoms with Crippen LogP contribution < -0.4 is 16.0 Å². The van der Waals surface area contributed by atoms with E-state index in [9.17, 15) is 9.59 Å². The predicted molar refractivity (Wildman–Crippen MR) is 123 cm³/mol. The number of alkyl carbamates (subject to hydrolysis) is 1. The number of amides is 2. The van der Waals surface area contributed by atoms with Crippen LogP contribution >= 0.6 is 24.0 Å². The zero-order valence-corrected chi connectivity index (χ0v) is 19.7. The molecule has 2 amide bonds. The highest BCUT2D eigenvalue weighted by atomic mass is 127. The molecule has 1 atom stereocenters. The van der Waals surface area contributed by atoms with Crippen LogP contribution in [-0.4, -0.2) is 72.7 Å². The number of aromatic nitrogens is 1. The van der Waals surface area contributed by atoms with Crippen molar-refractivity contribution in [1.29, 1.82) is 0 Å². The molecule has 1 aliphatic heterocycles. The van der Waals surface area contributed by atoms with E-state index in [0.717, 1.165) is 18.9 Å². The van der Waals surface area contributed by atoms with Gasteiger partial charge in [0.2, 0.25) is 0 Å². The van der Waals surface area contributed by atoms with Crippen molar-refractivity contribution in [3.05, 3.63) is 30.1 Å². The van der Waals surface area contributed by atoms with E-state index in [1.165, 1.54) is 6.20 Å². The molecule has 1 fully saturated rings. The van der Waals surface area contributed by atoms with Gasteiger partial charge in [0.25, 0.3) is 5.91 Å². The Kier molecular flexibility index (Phi) is 10.1. The van der Waals surface area contributed by atoms with Gasteiger partial charge >= 0.3 is 6.09 Å². The van der Waals surface area contributed by atoms with E-state index >= 15 is 0 Å². The number of nitrogens with one attached hydrogen (secondary N) is 3. The third-order valence-electron chi connectivity index (χ3n) is 4.04. The number of halogens is 1. The number of rotatable bonds is 5. The average Bonchev–Trinajstić information content (AvgIpc) is 3.08. The molecule has 1 aromatic heterocycles. The SMILES string of the molecule is CN=C(NCCNC(=O)c1cccnc1)N1CCC(NC(=O)OC(C)(C)C)C1.I. The van der Waals surface area contributed by atoms with Crippen LogP contribution in [0, 0.1) is 0 Å². The second kappa shape index (κ2) is 11.8. The van der Waals surface area contributed by atoms with Crippen LogP contribution in [0.3, 0.4) is 0 Å². The third kappa shape index (κ3) is 8.84. The minimum atomic E-state index is -0.514. The molecule has 9 nitrogen and oxygen atoms in total.